The van der Waals surface area contributed by atoms with Gasteiger partial charge in [0.2, 0.25) is 5.91 Å². The van der Waals surface area contributed by atoms with Gasteiger partial charge in [0.05, 0.1) is 6.54 Å². The van der Waals surface area contributed by atoms with Crippen LogP contribution in [0.5, 0.6) is 0 Å². The van der Waals surface area contributed by atoms with Crippen LogP contribution in [0.4, 0.5) is 10.1 Å². The Morgan fingerprint density at radius 2 is 2.25 bits per heavy atom. The van der Waals surface area contributed by atoms with Crippen LogP contribution in [-0.4, -0.2) is 25.5 Å². The number of carbonyl (C=O) groups excluding carboxylic acids is 1. The number of anilines is 1. The fourth-order valence-electron chi connectivity index (χ4n) is 1.20. The van der Waals surface area contributed by atoms with Crippen molar-refractivity contribution in [2.75, 3.05) is 25.0 Å². The number of halogens is 1. The van der Waals surface area contributed by atoms with Crippen molar-refractivity contribution in [2.24, 2.45) is 5.73 Å². The number of rotatable bonds is 6. The third-order valence-electron chi connectivity index (χ3n) is 1.95. The number of amides is 1. The predicted octanol–water partition coefficient (Wildman–Crippen LogP) is 0.703. The van der Waals surface area contributed by atoms with Gasteiger partial charge in [-0.2, -0.15) is 0 Å². The SMILES string of the molecule is NCCCNCC(=O)Nc1cccc(F)c1. The fraction of sp³-hybridized carbons (Fsp3) is 0.364. The van der Waals surface area contributed by atoms with E-state index in [-0.39, 0.29) is 18.3 Å². The van der Waals surface area contributed by atoms with Crippen LogP contribution in [0.15, 0.2) is 24.3 Å². The van der Waals surface area contributed by atoms with Gasteiger partial charge in [-0.05, 0) is 37.7 Å². The Hall–Kier alpha value is -1.46. The molecule has 0 spiro atoms. The smallest absolute Gasteiger partial charge is 0.238 e. The average Bonchev–Trinajstić information content (AvgIpc) is 2.24. The zero-order valence-electron chi connectivity index (χ0n) is 9.00. The average molecular weight is 225 g/mol. The van der Waals surface area contributed by atoms with Gasteiger partial charge in [0, 0.05) is 5.69 Å². The van der Waals surface area contributed by atoms with Crippen molar-refractivity contribution >= 4 is 11.6 Å². The lowest BCUT2D eigenvalue weighted by atomic mass is 10.3. The molecule has 0 unspecified atom stereocenters. The summed E-state index contributed by atoms with van der Waals surface area (Å²) in [5, 5.41) is 5.52. The quantitative estimate of drug-likeness (QED) is 0.624. The van der Waals surface area contributed by atoms with E-state index in [2.05, 4.69) is 10.6 Å². The van der Waals surface area contributed by atoms with Crippen LogP contribution >= 0.6 is 0 Å². The number of hydrogen-bond donors (Lipinski definition) is 3. The molecule has 1 aromatic rings. The van der Waals surface area contributed by atoms with E-state index < -0.39 is 0 Å². The van der Waals surface area contributed by atoms with Gasteiger partial charge >= 0.3 is 0 Å². The summed E-state index contributed by atoms with van der Waals surface area (Å²) in [5.74, 6) is -0.559. The van der Waals surface area contributed by atoms with Crippen molar-refractivity contribution in [1.82, 2.24) is 5.32 Å². The van der Waals surface area contributed by atoms with E-state index in [1.165, 1.54) is 12.1 Å². The summed E-state index contributed by atoms with van der Waals surface area (Å²) in [6.07, 6.45) is 0.827. The van der Waals surface area contributed by atoms with Crippen molar-refractivity contribution in [3.05, 3.63) is 30.1 Å². The van der Waals surface area contributed by atoms with Crippen molar-refractivity contribution in [3.8, 4) is 0 Å². The zero-order valence-corrected chi connectivity index (χ0v) is 9.00. The highest BCUT2D eigenvalue weighted by molar-refractivity contribution is 5.92. The van der Waals surface area contributed by atoms with Gasteiger partial charge < -0.3 is 16.4 Å². The lowest BCUT2D eigenvalue weighted by molar-refractivity contribution is -0.115. The van der Waals surface area contributed by atoms with Crippen LogP contribution < -0.4 is 16.4 Å². The number of benzene rings is 1. The highest BCUT2D eigenvalue weighted by atomic mass is 19.1. The Balaban J connectivity index is 2.29. The summed E-state index contributed by atoms with van der Waals surface area (Å²) >= 11 is 0. The largest absolute Gasteiger partial charge is 0.330 e. The van der Waals surface area contributed by atoms with E-state index >= 15 is 0 Å². The summed E-state index contributed by atoms with van der Waals surface area (Å²) in [4.78, 5) is 11.4. The molecule has 0 aliphatic rings. The van der Waals surface area contributed by atoms with E-state index in [0.29, 0.717) is 18.8 Å². The molecule has 0 aliphatic heterocycles. The van der Waals surface area contributed by atoms with Crippen molar-refractivity contribution < 1.29 is 9.18 Å². The van der Waals surface area contributed by atoms with Crippen LogP contribution in [0, 0.1) is 5.82 Å². The maximum absolute atomic E-state index is 12.8. The molecule has 4 nitrogen and oxygen atoms in total. The third kappa shape index (κ3) is 4.86. The highest BCUT2D eigenvalue weighted by Gasteiger charge is 2.01. The summed E-state index contributed by atoms with van der Waals surface area (Å²) in [5.41, 5.74) is 5.77. The van der Waals surface area contributed by atoms with Crippen molar-refractivity contribution in [2.45, 2.75) is 6.42 Å². The monoisotopic (exact) mass is 225 g/mol. The van der Waals surface area contributed by atoms with Crippen LogP contribution in [0.1, 0.15) is 6.42 Å². The van der Waals surface area contributed by atoms with E-state index in [0.717, 1.165) is 6.42 Å². The number of nitrogens with two attached hydrogens (primary N) is 1. The Bertz CT molecular complexity index is 344. The summed E-state index contributed by atoms with van der Waals surface area (Å²) in [6, 6.07) is 5.79. The molecule has 1 aromatic carbocycles. The summed E-state index contributed by atoms with van der Waals surface area (Å²) < 4.78 is 12.8. The molecule has 0 aromatic heterocycles. The Labute approximate surface area is 94.0 Å². The Morgan fingerprint density at radius 3 is 2.94 bits per heavy atom. The fourth-order valence-corrected chi connectivity index (χ4v) is 1.20. The van der Waals surface area contributed by atoms with E-state index in [1.54, 1.807) is 12.1 Å². The second-order valence-electron chi connectivity index (χ2n) is 3.38. The van der Waals surface area contributed by atoms with E-state index in [4.69, 9.17) is 5.73 Å². The van der Waals surface area contributed by atoms with Gasteiger partial charge in [0.15, 0.2) is 0 Å². The van der Waals surface area contributed by atoms with Crippen LogP contribution in [0.3, 0.4) is 0 Å². The van der Waals surface area contributed by atoms with Gasteiger partial charge in [-0.1, -0.05) is 6.07 Å². The minimum Gasteiger partial charge on any atom is -0.330 e. The van der Waals surface area contributed by atoms with Gasteiger partial charge in [0.1, 0.15) is 5.82 Å². The van der Waals surface area contributed by atoms with Gasteiger partial charge in [-0.25, -0.2) is 4.39 Å². The van der Waals surface area contributed by atoms with Crippen LogP contribution in [0.2, 0.25) is 0 Å². The lowest BCUT2D eigenvalue weighted by Gasteiger charge is -2.06. The Kier molecular flexibility index (Phi) is 5.45. The molecule has 0 saturated heterocycles. The lowest BCUT2D eigenvalue weighted by Crippen LogP contribution is -2.29. The van der Waals surface area contributed by atoms with E-state index in [1.807, 2.05) is 0 Å². The molecule has 0 heterocycles. The minimum absolute atomic E-state index is 0.192. The minimum atomic E-state index is -0.367. The predicted molar refractivity (Wildman–Crippen MR) is 61.6 cm³/mol. The molecule has 0 saturated carbocycles. The van der Waals surface area contributed by atoms with Crippen molar-refractivity contribution in [3.63, 3.8) is 0 Å². The topological polar surface area (TPSA) is 67.1 Å². The number of nitrogens with one attached hydrogen (secondary N) is 2. The first-order chi connectivity index (χ1) is 7.72. The number of hydrogen-bond acceptors (Lipinski definition) is 3. The maximum Gasteiger partial charge on any atom is 0.238 e. The first-order valence-corrected chi connectivity index (χ1v) is 5.18. The molecular weight excluding hydrogens is 209 g/mol. The first kappa shape index (κ1) is 12.6. The maximum atomic E-state index is 12.8. The number of carbonyl (C=O) groups is 1. The summed E-state index contributed by atoms with van der Waals surface area (Å²) in [6.45, 7) is 1.50. The molecule has 0 atom stereocenters. The van der Waals surface area contributed by atoms with E-state index in [9.17, 15) is 9.18 Å². The molecule has 16 heavy (non-hydrogen) atoms. The molecule has 1 amide bonds. The molecule has 0 fully saturated rings. The van der Waals surface area contributed by atoms with Crippen molar-refractivity contribution in [1.29, 1.82) is 0 Å². The molecule has 1 rings (SSSR count). The van der Waals surface area contributed by atoms with Gasteiger partial charge in [-0.3, -0.25) is 4.79 Å². The summed E-state index contributed by atoms with van der Waals surface area (Å²) in [7, 11) is 0. The molecule has 0 aliphatic carbocycles. The molecule has 0 bridgehead atoms. The second kappa shape index (κ2) is 6.92. The zero-order chi connectivity index (χ0) is 11.8. The van der Waals surface area contributed by atoms with Gasteiger partial charge in [-0.15, -0.1) is 0 Å². The second-order valence-corrected chi connectivity index (χ2v) is 3.38. The molecule has 5 heteroatoms. The standard InChI is InChI=1S/C11H16FN3O/c12-9-3-1-4-10(7-9)15-11(16)8-14-6-2-5-13/h1,3-4,7,14H,2,5-6,8,13H2,(H,15,16). The highest BCUT2D eigenvalue weighted by Crippen LogP contribution is 2.08. The normalized spacial score (nSPS) is 10.1. The first-order valence-electron chi connectivity index (χ1n) is 5.18. The van der Waals surface area contributed by atoms with Gasteiger partial charge in [0.25, 0.3) is 0 Å². The molecule has 88 valence electrons. The van der Waals surface area contributed by atoms with Crippen LogP contribution in [-0.2, 0) is 4.79 Å². The molecule has 0 radical (unpaired) electrons. The Morgan fingerprint density at radius 1 is 1.44 bits per heavy atom. The molecular formula is C11H16FN3O. The van der Waals surface area contributed by atoms with Crippen LogP contribution in [0.25, 0.3) is 0 Å². The molecule has 4 N–H and O–H groups in total. The third-order valence-corrected chi connectivity index (χ3v) is 1.95.